The van der Waals surface area contributed by atoms with Crippen LogP contribution in [0.2, 0.25) is 0 Å². The minimum atomic E-state index is 0.194. The second-order valence-electron chi connectivity index (χ2n) is 5.24. The third kappa shape index (κ3) is 3.47. The number of amides is 1. The molecule has 0 aliphatic carbocycles. The molecule has 4 nitrogen and oxygen atoms in total. The van der Waals surface area contributed by atoms with Gasteiger partial charge in [-0.2, -0.15) is 0 Å². The van der Waals surface area contributed by atoms with E-state index in [9.17, 15) is 4.79 Å². The van der Waals surface area contributed by atoms with Crippen molar-refractivity contribution < 1.29 is 9.53 Å². The molecule has 1 atom stereocenters. The average molecular weight is 262 g/mol. The molecule has 2 rings (SSSR count). The highest BCUT2D eigenvalue weighted by Crippen LogP contribution is 2.18. The fraction of sp³-hybridized carbons (Fsp3) is 0.533. The van der Waals surface area contributed by atoms with Crippen molar-refractivity contribution in [1.29, 1.82) is 0 Å². The highest BCUT2D eigenvalue weighted by Gasteiger charge is 2.27. The standard InChI is InChI=1S/C15H22N2O2/c1-11-3-4-14(7-12(11)2)19-6-5-17-10-13(9-16)8-15(17)18/h3-4,7,13H,5-6,8-10,16H2,1-2H3. The first kappa shape index (κ1) is 13.9. The molecule has 0 spiro atoms. The van der Waals surface area contributed by atoms with E-state index >= 15 is 0 Å². The molecule has 1 aliphatic heterocycles. The molecule has 2 N–H and O–H groups in total. The Labute approximate surface area is 114 Å². The molecule has 1 fully saturated rings. The van der Waals surface area contributed by atoms with Crippen LogP contribution in [0.3, 0.4) is 0 Å². The van der Waals surface area contributed by atoms with Crippen molar-refractivity contribution in [3.8, 4) is 5.75 Å². The lowest BCUT2D eigenvalue weighted by Gasteiger charge is -2.17. The number of benzene rings is 1. The molecule has 1 unspecified atom stereocenters. The molecular formula is C15H22N2O2. The number of hydrogen-bond acceptors (Lipinski definition) is 3. The van der Waals surface area contributed by atoms with Gasteiger partial charge in [-0.05, 0) is 49.6 Å². The van der Waals surface area contributed by atoms with Crippen LogP contribution in [0.1, 0.15) is 17.5 Å². The van der Waals surface area contributed by atoms with Gasteiger partial charge in [0.15, 0.2) is 0 Å². The van der Waals surface area contributed by atoms with E-state index in [1.165, 1.54) is 11.1 Å². The Kier molecular flexibility index (Phi) is 4.43. The second kappa shape index (κ2) is 6.06. The maximum absolute atomic E-state index is 11.7. The molecule has 0 saturated carbocycles. The van der Waals surface area contributed by atoms with E-state index in [0.717, 1.165) is 12.3 Å². The summed E-state index contributed by atoms with van der Waals surface area (Å²) in [6.45, 7) is 6.67. The van der Waals surface area contributed by atoms with Crippen molar-refractivity contribution in [3.05, 3.63) is 29.3 Å². The topological polar surface area (TPSA) is 55.6 Å². The largest absolute Gasteiger partial charge is 0.492 e. The van der Waals surface area contributed by atoms with Crippen LogP contribution in [-0.4, -0.2) is 37.0 Å². The summed E-state index contributed by atoms with van der Waals surface area (Å²) in [6.07, 6.45) is 0.583. The molecule has 0 radical (unpaired) electrons. The van der Waals surface area contributed by atoms with Gasteiger partial charge in [0.25, 0.3) is 0 Å². The molecule has 1 aliphatic rings. The van der Waals surface area contributed by atoms with E-state index in [4.69, 9.17) is 10.5 Å². The summed E-state index contributed by atoms with van der Waals surface area (Å²) in [5.74, 6) is 1.37. The van der Waals surface area contributed by atoms with Crippen LogP contribution in [0.4, 0.5) is 0 Å². The Hall–Kier alpha value is -1.55. The number of ether oxygens (including phenoxy) is 1. The van der Waals surface area contributed by atoms with Gasteiger partial charge in [0.1, 0.15) is 12.4 Å². The predicted molar refractivity (Wildman–Crippen MR) is 75.2 cm³/mol. The second-order valence-corrected chi connectivity index (χ2v) is 5.24. The van der Waals surface area contributed by atoms with Crippen LogP contribution in [-0.2, 0) is 4.79 Å². The summed E-state index contributed by atoms with van der Waals surface area (Å²) in [4.78, 5) is 13.5. The number of aryl methyl sites for hydroxylation is 2. The minimum absolute atomic E-state index is 0.194. The zero-order chi connectivity index (χ0) is 13.8. The fourth-order valence-corrected chi connectivity index (χ4v) is 2.31. The number of likely N-dealkylation sites (tertiary alicyclic amines) is 1. The quantitative estimate of drug-likeness (QED) is 0.874. The first-order valence-corrected chi connectivity index (χ1v) is 6.78. The summed E-state index contributed by atoms with van der Waals surface area (Å²) < 4.78 is 5.70. The van der Waals surface area contributed by atoms with Crippen molar-refractivity contribution in [1.82, 2.24) is 4.90 Å². The molecule has 1 aromatic carbocycles. The number of carbonyl (C=O) groups excluding carboxylic acids is 1. The van der Waals surface area contributed by atoms with Crippen LogP contribution < -0.4 is 10.5 Å². The normalized spacial score (nSPS) is 19.0. The highest BCUT2D eigenvalue weighted by molar-refractivity contribution is 5.78. The van der Waals surface area contributed by atoms with Crippen molar-refractivity contribution in [2.75, 3.05) is 26.2 Å². The molecule has 0 aromatic heterocycles. The Balaban J connectivity index is 1.80. The van der Waals surface area contributed by atoms with Gasteiger partial charge in [0.2, 0.25) is 5.91 Å². The summed E-state index contributed by atoms with van der Waals surface area (Å²) in [5, 5.41) is 0. The Morgan fingerprint density at radius 3 is 2.79 bits per heavy atom. The predicted octanol–water partition coefficient (Wildman–Crippen LogP) is 1.49. The average Bonchev–Trinajstić information content (AvgIpc) is 2.75. The van der Waals surface area contributed by atoms with E-state index in [-0.39, 0.29) is 5.91 Å². The molecular weight excluding hydrogens is 240 g/mol. The first-order chi connectivity index (χ1) is 9.10. The first-order valence-electron chi connectivity index (χ1n) is 6.78. The lowest BCUT2D eigenvalue weighted by Crippen LogP contribution is -2.30. The zero-order valence-electron chi connectivity index (χ0n) is 11.7. The lowest BCUT2D eigenvalue weighted by atomic mass is 10.1. The van der Waals surface area contributed by atoms with Crippen molar-refractivity contribution >= 4 is 5.91 Å². The van der Waals surface area contributed by atoms with Gasteiger partial charge >= 0.3 is 0 Å². The number of rotatable bonds is 5. The van der Waals surface area contributed by atoms with Crippen molar-refractivity contribution in [2.45, 2.75) is 20.3 Å². The fourth-order valence-electron chi connectivity index (χ4n) is 2.31. The zero-order valence-corrected chi connectivity index (χ0v) is 11.7. The molecule has 0 bridgehead atoms. The maximum atomic E-state index is 11.7. The molecule has 4 heteroatoms. The lowest BCUT2D eigenvalue weighted by molar-refractivity contribution is -0.128. The monoisotopic (exact) mass is 262 g/mol. The van der Waals surface area contributed by atoms with Gasteiger partial charge < -0.3 is 15.4 Å². The molecule has 1 amide bonds. The highest BCUT2D eigenvalue weighted by atomic mass is 16.5. The third-order valence-corrected chi connectivity index (χ3v) is 3.74. The Morgan fingerprint density at radius 2 is 2.16 bits per heavy atom. The van der Waals surface area contributed by atoms with E-state index in [2.05, 4.69) is 19.9 Å². The van der Waals surface area contributed by atoms with Crippen LogP contribution in [0.15, 0.2) is 18.2 Å². The van der Waals surface area contributed by atoms with Crippen molar-refractivity contribution in [3.63, 3.8) is 0 Å². The van der Waals surface area contributed by atoms with Gasteiger partial charge in [-0.1, -0.05) is 6.07 Å². The molecule has 1 saturated heterocycles. The van der Waals surface area contributed by atoms with Crippen LogP contribution in [0.5, 0.6) is 5.75 Å². The van der Waals surface area contributed by atoms with E-state index in [1.54, 1.807) is 0 Å². The Bertz CT molecular complexity index is 459. The number of hydrogen-bond donors (Lipinski definition) is 1. The summed E-state index contributed by atoms with van der Waals surface area (Å²) in [7, 11) is 0. The summed E-state index contributed by atoms with van der Waals surface area (Å²) >= 11 is 0. The van der Waals surface area contributed by atoms with E-state index in [0.29, 0.717) is 32.0 Å². The molecule has 19 heavy (non-hydrogen) atoms. The van der Waals surface area contributed by atoms with Gasteiger partial charge in [-0.3, -0.25) is 4.79 Å². The van der Waals surface area contributed by atoms with Crippen LogP contribution in [0, 0.1) is 19.8 Å². The maximum Gasteiger partial charge on any atom is 0.223 e. The van der Waals surface area contributed by atoms with Gasteiger partial charge in [0.05, 0.1) is 6.54 Å². The molecule has 1 aromatic rings. The minimum Gasteiger partial charge on any atom is -0.492 e. The molecule has 104 valence electrons. The summed E-state index contributed by atoms with van der Waals surface area (Å²) in [6, 6.07) is 6.05. The molecule has 1 heterocycles. The third-order valence-electron chi connectivity index (χ3n) is 3.74. The van der Waals surface area contributed by atoms with Gasteiger partial charge in [-0.15, -0.1) is 0 Å². The summed E-state index contributed by atoms with van der Waals surface area (Å²) in [5.41, 5.74) is 8.08. The van der Waals surface area contributed by atoms with E-state index < -0.39 is 0 Å². The number of carbonyl (C=O) groups is 1. The van der Waals surface area contributed by atoms with E-state index in [1.807, 2.05) is 17.0 Å². The SMILES string of the molecule is Cc1ccc(OCCN2CC(CN)CC2=O)cc1C. The van der Waals surface area contributed by atoms with Crippen LogP contribution >= 0.6 is 0 Å². The number of nitrogens with two attached hydrogens (primary N) is 1. The van der Waals surface area contributed by atoms with Gasteiger partial charge in [-0.25, -0.2) is 0 Å². The van der Waals surface area contributed by atoms with Crippen LogP contribution in [0.25, 0.3) is 0 Å². The smallest absolute Gasteiger partial charge is 0.223 e. The van der Waals surface area contributed by atoms with Crippen molar-refractivity contribution in [2.24, 2.45) is 11.7 Å². The number of nitrogens with zero attached hydrogens (tertiary/aromatic N) is 1. The Morgan fingerprint density at radius 1 is 1.37 bits per heavy atom. The van der Waals surface area contributed by atoms with Gasteiger partial charge in [0, 0.05) is 13.0 Å².